The molecule has 0 aliphatic carbocycles. The molecular formula is C7H8Na2O5. The number of carbonyl (C=O) groups excluding carboxylic acids is 3. The van der Waals surface area contributed by atoms with Gasteiger partial charge in [0.05, 0.1) is 11.9 Å². The van der Waals surface area contributed by atoms with Gasteiger partial charge in [0.2, 0.25) is 0 Å². The summed E-state index contributed by atoms with van der Waals surface area (Å²) >= 11 is 0. The van der Waals surface area contributed by atoms with E-state index in [-0.39, 0.29) is 65.5 Å². The second-order valence-electron chi connectivity index (χ2n) is 2.39. The van der Waals surface area contributed by atoms with E-state index in [1.54, 1.807) is 0 Å². The molecule has 1 unspecified atom stereocenters. The molecular weight excluding hydrogens is 210 g/mol. The van der Waals surface area contributed by atoms with Gasteiger partial charge in [-0.2, -0.15) is 0 Å². The summed E-state index contributed by atoms with van der Waals surface area (Å²) in [7, 11) is 0. The minimum Gasteiger partial charge on any atom is -0.550 e. The molecule has 0 amide bonds. The van der Waals surface area contributed by atoms with E-state index in [0.29, 0.717) is 0 Å². The SMILES string of the molecule is CC(=O)C(CCC(=O)[O-])C(=O)[O-].[Na+].[Na+]. The van der Waals surface area contributed by atoms with E-state index < -0.39 is 30.1 Å². The fraction of sp³-hybridized carbons (Fsp3) is 0.571. The monoisotopic (exact) mass is 218 g/mol. The first-order valence-electron chi connectivity index (χ1n) is 3.36. The van der Waals surface area contributed by atoms with Crippen LogP contribution in [0.15, 0.2) is 0 Å². The van der Waals surface area contributed by atoms with E-state index in [1.165, 1.54) is 0 Å². The van der Waals surface area contributed by atoms with Crippen molar-refractivity contribution < 1.29 is 83.7 Å². The Morgan fingerprint density at radius 1 is 1.14 bits per heavy atom. The number of carboxylic acid groups (broad SMARTS) is 2. The number of rotatable bonds is 5. The van der Waals surface area contributed by atoms with Gasteiger partial charge in [-0.3, -0.25) is 4.79 Å². The number of carboxylic acids is 2. The number of aliphatic carboxylic acids is 2. The van der Waals surface area contributed by atoms with E-state index in [1.807, 2.05) is 0 Å². The Bertz CT molecular complexity index is 202. The van der Waals surface area contributed by atoms with E-state index in [4.69, 9.17) is 0 Å². The van der Waals surface area contributed by atoms with Crippen LogP contribution in [-0.4, -0.2) is 17.7 Å². The number of hydrogen-bond donors (Lipinski definition) is 0. The maximum Gasteiger partial charge on any atom is 1.00 e. The minimum atomic E-state index is -1.54. The van der Waals surface area contributed by atoms with Gasteiger partial charge in [0.15, 0.2) is 0 Å². The standard InChI is InChI=1S/C7H10O5.2Na/c1-4(8)5(7(11)12)2-3-6(9)10;;/h5H,2-3H2,1H3,(H,9,10)(H,11,12);;/q;2*+1/p-2. The average molecular weight is 218 g/mol. The number of Topliss-reactive ketones (excluding diaryl/α,β-unsaturated/α-hetero) is 1. The van der Waals surface area contributed by atoms with Crippen LogP contribution in [0.25, 0.3) is 0 Å². The number of hydrogen-bond acceptors (Lipinski definition) is 5. The zero-order chi connectivity index (χ0) is 9.72. The van der Waals surface area contributed by atoms with E-state index >= 15 is 0 Å². The van der Waals surface area contributed by atoms with Crippen molar-refractivity contribution in [1.29, 1.82) is 0 Å². The maximum absolute atomic E-state index is 10.6. The van der Waals surface area contributed by atoms with Crippen molar-refractivity contribution in [3.8, 4) is 0 Å². The Morgan fingerprint density at radius 3 is 1.79 bits per heavy atom. The molecule has 14 heavy (non-hydrogen) atoms. The summed E-state index contributed by atoms with van der Waals surface area (Å²) in [5.41, 5.74) is 0. The van der Waals surface area contributed by atoms with Crippen LogP contribution in [0.1, 0.15) is 19.8 Å². The quantitative estimate of drug-likeness (QED) is 0.337. The van der Waals surface area contributed by atoms with Gasteiger partial charge in [-0.05, 0) is 19.8 Å². The Balaban J connectivity index is -0.000000605. The molecule has 0 aromatic heterocycles. The van der Waals surface area contributed by atoms with Crippen LogP contribution in [0.4, 0.5) is 0 Å². The van der Waals surface area contributed by atoms with Crippen LogP contribution in [0.3, 0.4) is 0 Å². The van der Waals surface area contributed by atoms with Crippen LogP contribution in [-0.2, 0) is 14.4 Å². The number of carbonyl (C=O) groups is 3. The van der Waals surface area contributed by atoms with Gasteiger partial charge in [0, 0.05) is 5.97 Å². The molecule has 0 saturated carbocycles. The Morgan fingerprint density at radius 2 is 1.57 bits per heavy atom. The molecule has 0 heterocycles. The molecule has 0 saturated heterocycles. The summed E-state index contributed by atoms with van der Waals surface area (Å²) in [5.74, 6) is -4.84. The van der Waals surface area contributed by atoms with Crippen molar-refractivity contribution >= 4 is 17.7 Å². The minimum absolute atomic E-state index is 0. The van der Waals surface area contributed by atoms with E-state index in [0.717, 1.165) is 6.92 Å². The third kappa shape index (κ3) is 9.18. The molecule has 0 spiro atoms. The van der Waals surface area contributed by atoms with Crippen molar-refractivity contribution in [2.24, 2.45) is 5.92 Å². The summed E-state index contributed by atoms with van der Waals surface area (Å²) in [6, 6.07) is 0. The van der Waals surface area contributed by atoms with Gasteiger partial charge in [0.1, 0.15) is 5.78 Å². The molecule has 0 aliphatic heterocycles. The van der Waals surface area contributed by atoms with Crippen LogP contribution < -0.4 is 69.3 Å². The average Bonchev–Trinajstić information content (AvgIpc) is 1.84. The van der Waals surface area contributed by atoms with Gasteiger partial charge in [-0.1, -0.05) is 0 Å². The fourth-order valence-electron chi connectivity index (χ4n) is 0.749. The van der Waals surface area contributed by atoms with Gasteiger partial charge >= 0.3 is 59.1 Å². The molecule has 0 fully saturated rings. The molecule has 5 nitrogen and oxygen atoms in total. The second-order valence-corrected chi connectivity index (χ2v) is 2.39. The zero-order valence-electron chi connectivity index (χ0n) is 8.53. The maximum atomic E-state index is 10.6. The largest absolute Gasteiger partial charge is 1.00 e. The zero-order valence-corrected chi connectivity index (χ0v) is 12.5. The van der Waals surface area contributed by atoms with E-state index in [9.17, 15) is 24.6 Å². The summed E-state index contributed by atoms with van der Waals surface area (Å²) in [6.07, 6.45) is -0.710. The third-order valence-electron chi connectivity index (χ3n) is 1.41. The second kappa shape index (κ2) is 10.1. The molecule has 0 radical (unpaired) electrons. The summed E-state index contributed by atoms with van der Waals surface area (Å²) < 4.78 is 0. The van der Waals surface area contributed by atoms with Crippen LogP contribution in [0, 0.1) is 5.92 Å². The first-order chi connectivity index (χ1) is 5.45. The topological polar surface area (TPSA) is 97.3 Å². The van der Waals surface area contributed by atoms with Crippen molar-refractivity contribution in [1.82, 2.24) is 0 Å². The Labute approximate surface area is 126 Å². The van der Waals surface area contributed by atoms with Crippen molar-refractivity contribution in [2.75, 3.05) is 0 Å². The first kappa shape index (κ1) is 20.1. The van der Waals surface area contributed by atoms with Crippen LogP contribution in [0.5, 0.6) is 0 Å². The molecule has 1 atom stereocenters. The third-order valence-corrected chi connectivity index (χ3v) is 1.41. The molecule has 0 N–H and O–H groups in total. The molecule has 0 aliphatic rings. The molecule has 0 aromatic carbocycles. The van der Waals surface area contributed by atoms with Gasteiger partial charge in [-0.15, -0.1) is 0 Å². The van der Waals surface area contributed by atoms with Crippen LogP contribution >= 0.6 is 0 Å². The van der Waals surface area contributed by atoms with Crippen molar-refractivity contribution in [2.45, 2.75) is 19.8 Å². The van der Waals surface area contributed by atoms with Gasteiger partial charge in [0.25, 0.3) is 0 Å². The normalized spacial score (nSPS) is 10.4. The molecule has 0 aromatic rings. The number of ketones is 1. The van der Waals surface area contributed by atoms with Crippen LogP contribution in [0.2, 0.25) is 0 Å². The fourth-order valence-corrected chi connectivity index (χ4v) is 0.749. The summed E-state index contributed by atoms with van der Waals surface area (Å²) in [6.45, 7) is 1.08. The molecule has 0 rings (SSSR count). The molecule has 7 heteroatoms. The summed E-state index contributed by atoms with van der Waals surface area (Å²) in [4.78, 5) is 30.7. The smallest absolute Gasteiger partial charge is 0.550 e. The van der Waals surface area contributed by atoms with E-state index in [2.05, 4.69) is 0 Å². The van der Waals surface area contributed by atoms with Crippen molar-refractivity contribution in [3.63, 3.8) is 0 Å². The predicted octanol–water partition coefficient (Wildman–Crippen LogP) is -8.52. The first-order valence-corrected chi connectivity index (χ1v) is 3.36. The molecule has 0 bridgehead atoms. The Kier molecular flexibility index (Phi) is 14.5. The predicted molar refractivity (Wildman–Crippen MR) is 33.4 cm³/mol. The molecule has 68 valence electrons. The summed E-state index contributed by atoms with van der Waals surface area (Å²) in [5, 5.41) is 20.1. The van der Waals surface area contributed by atoms with Gasteiger partial charge in [-0.25, -0.2) is 0 Å². The Hall–Kier alpha value is 0.610. The van der Waals surface area contributed by atoms with Gasteiger partial charge < -0.3 is 19.8 Å². The van der Waals surface area contributed by atoms with Crippen molar-refractivity contribution in [3.05, 3.63) is 0 Å².